The second-order valence-corrected chi connectivity index (χ2v) is 5.43. The van der Waals surface area contributed by atoms with Crippen molar-refractivity contribution >= 4 is 23.2 Å². The van der Waals surface area contributed by atoms with Crippen LogP contribution in [0.3, 0.4) is 0 Å². The molecule has 4 N–H and O–H groups in total. The number of rotatable bonds is 3. The zero-order valence-corrected chi connectivity index (χ0v) is 12.0. The number of benzene rings is 2. The first kappa shape index (κ1) is 15.1. The topological polar surface area (TPSA) is 66.5 Å². The molecule has 0 amide bonds. The van der Waals surface area contributed by atoms with E-state index in [1.165, 1.54) is 6.42 Å². The van der Waals surface area contributed by atoms with Crippen molar-refractivity contribution in [3.8, 4) is 5.75 Å². The number of aliphatic hydroxyl groups is 1. The van der Waals surface area contributed by atoms with E-state index in [1.54, 1.807) is 6.07 Å². The van der Waals surface area contributed by atoms with E-state index < -0.39 is 12.1 Å². The van der Waals surface area contributed by atoms with Crippen molar-refractivity contribution < 1.29 is 10.2 Å². The van der Waals surface area contributed by atoms with E-state index in [9.17, 15) is 10.2 Å². The Morgan fingerprint density at radius 1 is 1.05 bits per heavy atom. The Kier molecular flexibility index (Phi) is 4.53. The smallest absolute Gasteiger partial charge is 0.123 e. The molecule has 0 aliphatic heterocycles. The van der Waals surface area contributed by atoms with Crippen molar-refractivity contribution in [3.63, 3.8) is 0 Å². The second kappa shape index (κ2) is 6.00. The fourth-order valence-corrected chi connectivity index (χ4v) is 2.86. The lowest BCUT2D eigenvalue weighted by molar-refractivity contribution is 0.0417. The van der Waals surface area contributed by atoms with Crippen LogP contribution in [0.25, 0.3) is 10.8 Å². The Hall–Kier alpha value is -1.29. The largest absolute Gasteiger partial charge is 0.507 e. The molecule has 3 rings (SSSR count). The summed E-state index contributed by atoms with van der Waals surface area (Å²) in [6.45, 7) is 0. The van der Waals surface area contributed by atoms with E-state index in [-0.39, 0.29) is 18.2 Å². The average molecular weight is 294 g/mol. The van der Waals surface area contributed by atoms with Crippen LogP contribution < -0.4 is 5.73 Å². The van der Waals surface area contributed by atoms with Crippen LogP contribution in [0, 0.1) is 5.92 Å². The maximum atomic E-state index is 10.3. The molecule has 2 aromatic carbocycles. The van der Waals surface area contributed by atoms with Gasteiger partial charge in [0.05, 0.1) is 12.1 Å². The zero-order valence-electron chi connectivity index (χ0n) is 11.2. The third-order valence-electron chi connectivity index (χ3n) is 4.29. The van der Waals surface area contributed by atoms with Gasteiger partial charge in [0.2, 0.25) is 0 Å². The van der Waals surface area contributed by atoms with E-state index in [0.717, 1.165) is 29.2 Å². The van der Waals surface area contributed by atoms with Gasteiger partial charge in [0.1, 0.15) is 5.75 Å². The SMILES string of the molecule is Cl.N[C@@H](c1ccc(O)c2ccccc12)[C@H](O)C1CCC1. The summed E-state index contributed by atoms with van der Waals surface area (Å²) in [4.78, 5) is 0. The van der Waals surface area contributed by atoms with Crippen molar-refractivity contribution in [2.24, 2.45) is 11.7 Å². The summed E-state index contributed by atoms with van der Waals surface area (Å²) >= 11 is 0. The normalized spacial score (nSPS) is 18.1. The highest BCUT2D eigenvalue weighted by molar-refractivity contribution is 5.91. The lowest BCUT2D eigenvalue weighted by atomic mass is 9.77. The molecule has 0 heterocycles. The molecule has 2 aromatic rings. The predicted octanol–water partition coefficient (Wildman–Crippen LogP) is 3.13. The molecule has 20 heavy (non-hydrogen) atoms. The average Bonchev–Trinajstić information content (AvgIpc) is 2.37. The maximum Gasteiger partial charge on any atom is 0.123 e. The molecule has 0 saturated heterocycles. The number of hydrogen-bond donors (Lipinski definition) is 3. The fraction of sp³-hybridized carbons (Fsp3) is 0.375. The molecule has 1 aliphatic carbocycles. The van der Waals surface area contributed by atoms with Crippen LogP contribution in [0.2, 0.25) is 0 Å². The summed E-state index contributed by atoms with van der Waals surface area (Å²) < 4.78 is 0. The van der Waals surface area contributed by atoms with Gasteiger partial charge in [-0.25, -0.2) is 0 Å². The van der Waals surface area contributed by atoms with Gasteiger partial charge >= 0.3 is 0 Å². The molecule has 0 spiro atoms. The van der Waals surface area contributed by atoms with Crippen LogP contribution in [0.15, 0.2) is 36.4 Å². The molecule has 0 radical (unpaired) electrons. The molecule has 108 valence electrons. The van der Waals surface area contributed by atoms with Crippen molar-refractivity contribution in [3.05, 3.63) is 42.0 Å². The minimum Gasteiger partial charge on any atom is -0.507 e. The van der Waals surface area contributed by atoms with Crippen LogP contribution in [0.1, 0.15) is 30.9 Å². The van der Waals surface area contributed by atoms with E-state index in [0.29, 0.717) is 5.92 Å². The van der Waals surface area contributed by atoms with Gasteiger partial charge in [0, 0.05) is 5.39 Å². The highest BCUT2D eigenvalue weighted by atomic mass is 35.5. The summed E-state index contributed by atoms with van der Waals surface area (Å²) in [5.74, 6) is 0.576. The highest BCUT2D eigenvalue weighted by Crippen LogP contribution is 2.37. The van der Waals surface area contributed by atoms with Crippen molar-refractivity contribution in [1.29, 1.82) is 0 Å². The molecule has 4 heteroatoms. The lowest BCUT2D eigenvalue weighted by Crippen LogP contribution is -2.36. The molecular formula is C16H20ClNO2. The van der Waals surface area contributed by atoms with Gasteiger partial charge < -0.3 is 15.9 Å². The van der Waals surface area contributed by atoms with Crippen LogP contribution in [0.4, 0.5) is 0 Å². The first-order valence-corrected chi connectivity index (χ1v) is 6.83. The highest BCUT2D eigenvalue weighted by Gasteiger charge is 2.31. The summed E-state index contributed by atoms with van der Waals surface area (Å²) in [5.41, 5.74) is 7.14. The molecule has 0 unspecified atom stereocenters. The molecule has 1 saturated carbocycles. The number of aliphatic hydroxyl groups excluding tert-OH is 1. The van der Waals surface area contributed by atoms with Crippen molar-refractivity contribution in [1.82, 2.24) is 0 Å². The van der Waals surface area contributed by atoms with Crippen LogP contribution >= 0.6 is 12.4 Å². The van der Waals surface area contributed by atoms with E-state index in [4.69, 9.17) is 5.73 Å². The quantitative estimate of drug-likeness (QED) is 0.814. The zero-order chi connectivity index (χ0) is 13.4. The monoisotopic (exact) mass is 293 g/mol. The van der Waals surface area contributed by atoms with Gasteiger partial charge in [0.15, 0.2) is 0 Å². The lowest BCUT2D eigenvalue weighted by Gasteiger charge is -2.34. The molecular weight excluding hydrogens is 274 g/mol. The first-order chi connectivity index (χ1) is 9.18. The van der Waals surface area contributed by atoms with Crippen molar-refractivity contribution in [2.75, 3.05) is 0 Å². The fourth-order valence-electron chi connectivity index (χ4n) is 2.86. The Morgan fingerprint density at radius 2 is 1.70 bits per heavy atom. The standard InChI is InChI=1S/C16H19NO2.ClH/c17-15(16(19)10-4-3-5-10)13-8-9-14(18)12-7-2-1-6-11(12)13;/h1-2,6-10,15-16,18-19H,3-5,17H2;1H/t15-,16+;/m0./s1. The van der Waals surface area contributed by atoms with Crippen molar-refractivity contribution in [2.45, 2.75) is 31.4 Å². The molecule has 1 aliphatic rings. The van der Waals surface area contributed by atoms with E-state index in [1.807, 2.05) is 30.3 Å². The van der Waals surface area contributed by atoms with Gasteiger partial charge in [-0.1, -0.05) is 36.8 Å². The van der Waals surface area contributed by atoms with Gasteiger partial charge in [-0.3, -0.25) is 0 Å². The first-order valence-electron chi connectivity index (χ1n) is 6.83. The Labute approximate surface area is 124 Å². The summed E-state index contributed by atoms with van der Waals surface area (Å²) in [5, 5.41) is 21.9. The van der Waals surface area contributed by atoms with Gasteiger partial charge in [-0.2, -0.15) is 0 Å². The number of hydrogen-bond acceptors (Lipinski definition) is 3. The minimum absolute atomic E-state index is 0. The Morgan fingerprint density at radius 3 is 2.30 bits per heavy atom. The van der Waals surface area contributed by atoms with E-state index in [2.05, 4.69) is 0 Å². The summed E-state index contributed by atoms with van der Waals surface area (Å²) in [6, 6.07) is 10.7. The van der Waals surface area contributed by atoms with Crippen LogP contribution in [-0.4, -0.2) is 16.3 Å². The van der Waals surface area contributed by atoms with Gasteiger partial charge in [0.25, 0.3) is 0 Å². The molecule has 2 atom stereocenters. The predicted molar refractivity (Wildman–Crippen MR) is 83.1 cm³/mol. The molecule has 0 bridgehead atoms. The molecule has 1 fully saturated rings. The number of halogens is 1. The Balaban J connectivity index is 0.00000147. The number of nitrogens with two attached hydrogens (primary N) is 1. The second-order valence-electron chi connectivity index (χ2n) is 5.43. The third-order valence-corrected chi connectivity index (χ3v) is 4.29. The van der Waals surface area contributed by atoms with E-state index >= 15 is 0 Å². The summed E-state index contributed by atoms with van der Waals surface area (Å²) in [6.07, 6.45) is 2.81. The van der Waals surface area contributed by atoms with Gasteiger partial charge in [-0.15, -0.1) is 12.4 Å². The Bertz CT molecular complexity index is 598. The van der Waals surface area contributed by atoms with Gasteiger partial charge in [-0.05, 0) is 35.8 Å². The van der Waals surface area contributed by atoms with Crippen LogP contribution in [-0.2, 0) is 0 Å². The third kappa shape index (κ3) is 2.49. The maximum absolute atomic E-state index is 10.3. The number of aromatic hydroxyl groups is 1. The number of phenols is 1. The molecule has 3 nitrogen and oxygen atoms in total. The number of fused-ring (bicyclic) bond motifs is 1. The van der Waals surface area contributed by atoms with Crippen LogP contribution in [0.5, 0.6) is 5.75 Å². The number of phenolic OH excluding ortho intramolecular Hbond substituents is 1. The molecule has 0 aromatic heterocycles. The summed E-state index contributed by atoms with van der Waals surface area (Å²) in [7, 11) is 0. The minimum atomic E-state index is -0.498.